The SMILES string of the molecule is O=C(Cc1cccs1)N1CCn2nc(CNc3ncccn3)cc2C1. The Bertz CT molecular complexity index is 845. The summed E-state index contributed by atoms with van der Waals surface area (Å²) in [6.07, 6.45) is 3.88. The van der Waals surface area contributed by atoms with Crippen molar-refractivity contribution in [3.05, 3.63) is 58.3 Å². The van der Waals surface area contributed by atoms with E-state index in [0.29, 0.717) is 32.0 Å². The third-order valence-electron chi connectivity index (χ3n) is 4.10. The molecule has 3 aromatic heterocycles. The number of carbonyl (C=O) groups excluding carboxylic acids is 1. The van der Waals surface area contributed by atoms with Gasteiger partial charge in [0.15, 0.2) is 0 Å². The first-order valence-corrected chi connectivity index (χ1v) is 9.02. The molecule has 7 nitrogen and oxygen atoms in total. The Morgan fingerprint density at radius 1 is 1.24 bits per heavy atom. The summed E-state index contributed by atoms with van der Waals surface area (Å²) in [5.41, 5.74) is 1.99. The Balaban J connectivity index is 1.38. The highest BCUT2D eigenvalue weighted by Gasteiger charge is 2.22. The predicted molar refractivity (Wildman–Crippen MR) is 95.0 cm³/mol. The zero-order valence-electron chi connectivity index (χ0n) is 13.6. The molecule has 1 amide bonds. The van der Waals surface area contributed by atoms with Crippen LogP contribution in [0, 0.1) is 0 Å². The van der Waals surface area contributed by atoms with E-state index in [4.69, 9.17) is 0 Å². The van der Waals surface area contributed by atoms with Crippen LogP contribution in [0.5, 0.6) is 0 Å². The van der Waals surface area contributed by atoms with Crippen molar-refractivity contribution in [1.29, 1.82) is 0 Å². The van der Waals surface area contributed by atoms with Gasteiger partial charge in [-0.3, -0.25) is 9.48 Å². The molecule has 4 rings (SSSR count). The number of anilines is 1. The summed E-state index contributed by atoms with van der Waals surface area (Å²) in [7, 11) is 0. The van der Waals surface area contributed by atoms with E-state index < -0.39 is 0 Å². The van der Waals surface area contributed by atoms with Crippen molar-refractivity contribution in [2.24, 2.45) is 0 Å². The van der Waals surface area contributed by atoms with Crippen LogP contribution in [0.4, 0.5) is 5.95 Å². The summed E-state index contributed by atoms with van der Waals surface area (Å²) in [6, 6.07) is 7.81. The zero-order valence-corrected chi connectivity index (χ0v) is 14.4. The van der Waals surface area contributed by atoms with Gasteiger partial charge in [0.25, 0.3) is 0 Å². The van der Waals surface area contributed by atoms with Gasteiger partial charge in [0.1, 0.15) is 0 Å². The van der Waals surface area contributed by atoms with Crippen molar-refractivity contribution < 1.29 is 4.79 Å². The van der Waals surface area contributed by atoms with Gasteiger partial charge in [-0.1, -0.05) is 6.07 Å². The molecule has 8 heteroatoms. The van der Waals surface area contributed by atoms with Crippen molar-refractivity contribution in [1.82, 2.24) is 24.6 Å². The second kappa shape index (κ2) is 7.02. The maximum atomic E-state index is 12.5. The minimum Gasteiger partial charge on any atom is -0.348 e. The molecule has 3 aromatic rings. The topological polar surface area (TPSA) is 75.9 Å². The van der Waals surface area contributed by atoms with Gasteiger partial charge < -0.3 is 10.2 Å². The van der Waals surface area contributed by atoms with Crippen LogP contribution < -0.4 is 5.32 Å². The van der Waals surface area contributed by atoms with Crippen molar-refractivity contribution in [2.75, 3.05) is 11.9 Å². The third kappa shape index (κ3) is 3.69. The normalized spacial score (nSPS) is 13.5. The number of fused-ring (bicyclic) bond motifs is 1. The Hall–Kier alpha value is -2.74. The standard InChI is InChI=1S/C17H18N6OS/c24-16(10-15-3-1-8-25-15)22-6-7-23-14(12-22)9-13(21-23)11-20-17-18-4-2-5-19-17/h1-5,8-9H,6-7,10-12H2,(H,18,19,20). The van der Waals surface area contributed by atoms with Gasteiger partial charge in [0.05, 0.1) is 37.4 Å². The minimum atomic E-state index is 0.173. The number of nitrogens with one attached hydrogen (secondary N) is 1. The molecule has 0 saturated carbocycles. The lowest BCUT2D eigenvalue weighted by Gasteiger charge is -2.27. The Labute approximate surface area is 149 Å². The first-order valence-electron chi connectivity index (χ1n) is 8.14. The minimum absolute atomic E-state index is 0.173. The first-order chi connectivity index (χ1) is 12.3. The lowest BCUT2D eigenvalue weighted by molar-refractivity contribution is -0.131. The van der Waals surface area contributed by atoms with Crippen LogP contribution in [0.3, 0.4) is 0 Å². The first kappa shape index (κ1) is 15.8. The number of hydrogen-bond donors (Lipinski definition) is 1. The van der Waals surface area contributed by atoms with E-state index in [1.165, 1.54) is 0 Å². The molecule has 0 spiro atoms. The molecular weight excluding hydrogens is 336 g/mol. The second-order valence-electron chi connectivity index (χ2n) is 5.85. The molecule has 1 aliphatic heterocycles. The molecule has 25 heavy (non-hydrogen) atoms. The van der Waals surface area contributed by atoms with Gasteiger partial charge in [0, 0.05) is 23.8 Å². The Morgan fingerprint density at radius 2 is 2.12 bits per heavy atom. The number of carbonyl (C=O) groups is 1. The van der Waals surface area contributed by atoms with Crippen LogP contribution in [0.25, 0.3) is 0 Å². The molecule has 4 heterocycles. The van der Waals surface area contributed by atoms with Crippen LogP contribution in [0.15, 0.2) is 42.0 Å². The predicted octanol–water partition coefficient (Wildman–Crippen LogP) is 1.93. The average Bonchev–Trinajstić information content (AvgIpc) is 3.29. The van der Waals surface area contributed by atoms with Crippen molar-refractivity contribution in [3.8, 4) is 0 Å². The molecule has 0 bridgehead atoms. The lowest BCUT2D eigenvalue weighted by Crippen LogP contribution is -2.39. The molecule has 1 aliphatic rings. The summed E-state index contributed by atoms with van der Waals surface area (Å²) in [5.74, 6) is 0.758. The van der Waals surface area contributed by atoms with Crippen molar-refractivity contribution >= 4 is 23.2 Å². The number of aromatic nitrogens is 4. The maximum Gasteiger partial charge on any atom is 0.228 e. The van der Waals surface area contributed by atoms with Crippen LogP contribution in [-0.4, -0.2) is 37.1 Å². The van der Waals surface area contributed by atoms with Crippen LogP contribution in [0.2, 0.25) is 0 Å². The smallest absolute Gasteiger partial charge is 0.228 e. The Kier molecular flexibility index (Phi) is 4.43. The highest BCUT2D eigenvalue weighted by molar-refractivity contribution is 7.10. The zero-order chi connectivity index (χ0) is 17.1. The van der Waals surface area contributed by atoms with Crippen LogP contribution in [-0.2, 0) is 30.8 Å². The summed E-state index contributed by atoms with van der Waals surface area (Å²) >= 11 is 1.62. The third-order valence-corrected chi connectivity index (χ3v) is 4.98. The van der Waals surface area contributed by atoms with Gasteiger partial charge in [-0.2, -0.15) is 5.10 Å². The average molecular weight is 354 g/mol. The van der Waals surface area contributed by atoms with E-state index in [0.717, 1.165) is 22.8 Å². The Morgan fingerprint density at radius 3 is 2.92 bits per heavy atom. The number of hydrogen-bond acceptors (Lipinski definition) is 6. The molecule has 0 aliphatic carbocycles. The fourth-order valence-corrected chi connectivity index (χ4v) is 3.56. The summed E-state index contributed by atoms with van der Waals surface area (Å²) < 4.78 is 1.98. The molecule has 0 fully saturated rings. The fourth-order valence-electron chi connectivity index (χ4n) is 2.86. The van der Waals surface area contributed by atoms with E-state index in [9.17, 15) is 4.79 Å². The molecule has 0 atom stereocenters. The number of rotatable bonds is 5. The quantitative estimate of drug-likeness (QED) is 0.758. The van der Waals surface area contributed by atoms with E-state index in [1.54, 1.807) is 29.8 Å². The van der Waals surface area contributed by atoms with E-state index in [1.807, 2.05) is 33.2 Å². The van der Waals surface area contributed by atoms with Gasteiger partial charge >= 0.3 is 0 Å². The van der Waals surface area contributed by atoms with Gasteiger partial charge in [0.2, 0.25) is 11.9 Å². The van der Waals surface area contributed by atoms with Crippen molar-refractivity contribution in [2.45, 2.75) is 26.1 Å². The number of amides is 1. The number of thiophene rings is 1. The van der Waals surface area contributed by atoms with Gasteiger partial charge in [-0.15, -0.1) is 11.3 Å². The fraction of sp³-hybridized carbons (Fsp3) is 0.294. The molecule has 0 aromatic carbocycles. The highest BCUT2D eigenvalue weighted by atomic mass is 32.1. The molecule has 0 unspecified atom stereocenters. The molecule has 1 N–H and O–H groups in total. The van der Waals surface area contributed by atoms with E-state index in [2.05, 4.69) is 20.4 Å². The highest BCUT2D eigenvalue weighted by Crippen LogP contribution is 2.17. The van der Waals surface area contributed by atoms with Gasteiger partial charge in [-0.25, -0.2) is 9.97 Å². The largest absolute Gasteiger partial charge is 0.348 e. The van der Waals surface area contributed by atoms with E-state index in [-0.39, 0.29) is 5.91 Å². The molecular formula is C17H18N6OS. The number of nitrogens with zero attached hydrogens (tertiary/aromatic N) is 5. The lowest BCUT2D eigenvalue weighted by atomic mass is 10.2. The van der Waals surface area contributed by atoms with Crippen LogP contribution >= 0.6 is 11.3 Å². The van der Waals surface area contributed by atoms with E-state index >= 15 is 0 Å². The monoisotopic (exact) mass is 354 g/mol. The summed E-state index contributed by atoms with van der Waals surface area (Å²) in [4.78, 5) is 23.8. The van der Waals surface area contributed by atoms with Crippen molar-refractivity contribution in [3.63, 3.8) is 0 Å². The maximum absolute atomic E-state index is 12.5. The molecule has 0 saturated heterocycles. The second-order valence-corrected chi connectivity index (χ2v) is 6.88. The summed E-state index contributed by atoms with van der Waals surface area (Å²) in [5, 5.41) is 9.76. The summed E-state index contributed by atoms with van der Waals surface area (Å²) in [6.45, 7) is 2.60. The van der Waals surface area contributed by atoms with Gasteiger partial charge in [-0.05, 0) is 23.6 Å². The molecule has 0 radical (unpaired) electrons. The molecule has 128 valence electrons. The van der Waals surface area contributed by atoms with Crippen LogP contribution in [0.1, 0.15) is 16.3 Å².